The van der Waals surface area contributed by atoms with Crippen LogP contribution in [0.3, 0.4) is 0 Å². The molecule has 10 heteroatoms. The molecule has 0 unspecified atom stereocenters. The maximum atomic E-state index is 11.9. The Labute approximate surface area is 146 Å². The minimum Gasteiger partial charge on any atom is -0.456 e. The monoisotopic (exact) mass is 365 g/mol. The molecule has 0 bridgehead atoms. The molecule has 9 nitrogen and oxygen atoms in total. The smallest absolute Gasteiger partial charge is 0.325 e. The molecule has 0 radical (unpaired) electrons. The van der Waals surface area contributed by atoms with E-state index in [2.05, 4.69) is 10.3 Å². The van der Waals surface area contributed by atoms with Crippen molar-refractivity contribution >= 4 is 34.9 Å². The highest BCUT2D eigenvalue weighted by Crippen LogP contribution is 2.24. The number of aromatic amines is 1. The lowest BCUT2D eigenvalue weighted by Gasteiger charge is -2.06. The van der Waals surface area contributed by atoms with Crippen LogP contribution in [0.4, 0.5) is 5.69 Å². The van der Waals surface area contributed by atoms with Gasteiger partial charge in [0.1, 0.15) is 11.6 Å². The number of rotatable bonds is 7. The number of H-pyrrole nitrogens is 1. The number of amides is 1. The van der Waals surface area contributed by atoms with Crippen LogP contribution in [0.5, 0.6) is 0 Å². The number of hydrogen-bond donors (Lipinski definition) is 2. The van der Waals surface area contributed by atoms with Gasteiger partial charge in [-0.15, -0.1) is 0 Å². The number of hydrogen-bond acceptors (Lipinski definition) is 6. The molecule has 0 saturated heterocycles. The van der Waals surface area contributed by atoms with Gasteiger partial charge in [-0.05, 0) is 24.3 Å². The van der Waals surface area contributed by atoms with Crippen molar-refractivity contribution in [3.8, 4) is 0 Å². The van der Waals surface area contributed by atoms with Gasteiger partial charge in [-0.1, -0.05) is 11.6 Å². The summed E-state index contributed by atoms with van der Waals surface area (Å²) in [5.74, 6) is -1.96. The molecular weight excluding hydrogens is 354 g/mol. The van der Waals surface area contributed by atoms with Crippen molar-refractivity contribution in [2.24, 2.45) is 0 Å². The molecule has 2 rings (SSSR count). The highest BCUT2D eigenvalue weighted by atomic mass is 35.5. The average Bonchev–Trinajstić information content (AvgIpc) is 3.12. The molecule has 0 atom stereocenters. The Kier molecular flexibility index (Phi) is 5.85. The highest BCUT2D eigenvalue weighted by molar-refractivity contribution is 6.32. The molecule has 0 saturated carbocycles. The topological polar surface area (TPSA) is 131 Å². The van der Waals surface area contributed by atoms with E-state index in [9.17, 15) is 24.5 Å². The van der Waals surface area contributed by atoms with Gasteiger partial charge in [0, 0.05) is 17.8 Å². The molecule has 2 N–H and O–H groups in total. The number of carbonyl (C=O) groups is 3. The third-order valence-electron chi connectivity index (χ3n) is 3.06. The van der Waals surface area contributed by atoms with Gasteiger partial charge in [0.15, 0.2) is 6.61 Å². The van der Waals surface area contributed by atoms with Gasteiger partial charge in [-0.3, -0.25) is 24.5 Å². The van der Waals surface area contributed by atoms with Crippen molar-refractivity contribution in [3.05, 3.63) is 62.9 Å². The Morgan fingerprint density at radius 3 is 2.68 bits per heavy atom. The van der Waals surface area contributed by atoms with Crippen molar-refractivity contribution < 1.29 is 24.0 Å². The van der Waals surface area contributed by atoms with E-state index in [1.54, 1.807) is 12.3 Å². The second-order valence-corrected chi connectivity index (χ2v) is 5.18. The summed E-state index contributed by atoms with van der Waals surface area (Å²) >= 11 is 5.65. The standard InChI is InChI=1S/C15H12ClN3O6/c16-10-4-3-9(6-12(10)19(23)24)15(22)18-7-14(21)25-8-13(20)11-2-1-5-17-11/h1-6,17H,7-8H2,(H,18,22). The predicted octanol–water partition coefficient (Wildman–Crippen LogP) is 1.73. The maximum absolute atomic E-state index is 11.9. The summed E-state index contributed by atoms with van der Waals surface area (Å²) in [6.07, 6.45) is 1.56. The molecule has 2 aromatic rings. The second kappa shape index (κ2) is 8.06. The number of ether oxygens (including phenoxy) is 1. The van der Waals surface area contributed by atoms with E-state index in [-0.39, 0.29) is 10.6 Å². The number of nitrogens with one attached hydrogen (secondary N) is 2. The van der Waals surface area contributed by atoms with Crippen LogP contribution in [0.2, 0.25) is 5.02 Å². The van der Waals surface area contributed by atoms with Gasteiger partial charge in [-0.25, -0.2) is 0 Å². The summed E-state index contributed by atoms with van der Waals surface area (Å²) in [7, 11) is 0. The number of carbonyl (C=O) groups excluding carboxylic acids is 3. The SMILES string of the molecule is O=C(CNC(=O)c1ccc(Cl)c([N+](=O)[O-])c1)OCC(=O)c1ccc[nH]1. The Hall–Kier alpha value is -3.20. The first kappa shape index (κ1) is 18.1. The Balaban J connectivity index is 1.85. The van der Waals surface area contributed by atoms with Crippen LogP contribution in [0, 0.1) is 10.1 Å². The Morgan fingerprint density at radius 2 is 2.04 bits per heavy atom. The van der Waals surface area contributed by atoms with E-state index in [1.165, 1.54) is 18.2 Å². The van der Waals surface area contributed by atoms with Gasteiger partial charge in [0.05, 0.1) is 10.6 Å². The molecule has 0 fully saturated rings. The van der Waals surface area contributed by atoms with E-state index in [0.29, 0.717) is 5.69 Å². The predicted molar refractivity (Wildman–Crippen MR) is 86.5 cm³/mol. The summed E-state index contributed by atoms with van der Waals surface area (Å²) < 4.78 is 4.74. The fraction of sp³-hybridized carbons (Fsp3) is 0.133. The normalized spacial score (nSPS) is 10.1. The molecule has 1 aromatic heterocycles. The first-order chi connectivity index (χ1) is 11.9. The van der Waals surface area contributed by atoms with E-state index >= 15 is 0 Å². The molecule has 0 spiro atoms. The molecule has 0 aliphatic heterocycles. The van der Waals surface area contributed by atoms with Crippen LogP contribution in [0.25, 0.3) is 0 Å². The summed E-state index contributed by atoms with van der Waals surface area (Å²) in [5, 5.41) is 12.9. The fourth-order valence-corrected chi connectivity index (χ4v) is 2.01. The summed E-state index contributed by atoms with van der Waals surface area (Å²) in [4.78, 5) is 47.8. The first-order valence-electron chi connectivity index (χ1n) is 6.93. The number of halogens is 1. The zero-order valence-electron chi connectivity index (χ0n) is 12.7. The molecule has 1 aromatic carbocycles. The lowest BCUT2D eigenvalue weighted by Crippen LogP contribution is -2.31. The highest BCUT2D eigenvalue weighted by Gasteiger charge is 2.17. The van der Waals surface area contributed by atoms with E-state index in [4.69, 9.17) is 16.3 Å². The molecule has 1 heterocycles. The summed E-state index contributed by atoms with van der Waals surface area (Å²) in [6, 6.07) is 6.65. The molecule has 25 heavy (non-hydrogen) atoms. The van der Waals surface area contributed by atoms with Crippen molar-refractivity contribution in [1.82, 2.24) is 10.3 Å². The van der Waals surface area contributed by atoms with Crippen LogP contribution in [-0.2, 0) is 9.53 Å². The third kappa shape index (κ3) is 4.88. The number of nitro groups is 1. The van der Waals surface area contributed by atoms with Gasteiger partial charge >= 0.3 is 5.97 Å². The first-order valence-corrected chi connectivity index (χ1v) is 7.30. The number of benzene rings is 1. The van der Waals surface area contributed by atoms with Crippen LogP contribution in [-0.4, -0.2) is 40.7 Å². The van der Waals surface area contributed by atoms with Crippen LogP contribution in [0.1, 0.15) is 20.8 Å². The van der Waals surface area contributed by atoms with Crippen LogP contribution in [0.15, 0.2) is 36.5 Å². The minimum absolute atomic E-state index is 0.0358. The van der Waals surface area contributed by atoms with E-state index < -0.39 is 41.4 Å². The third-order valence-corrected chi connectivity index (χ3v) is 3.38. The second-order valence-electron chi connectivity index (χ2n) is 4.77. The lowest BCUT2D eigenvalue weighted by molar-refractivity contribution is -0.384. The number of esters is 1. The van der Waals surface area contributed by atoms with Gasteiger partial charge in [0.25, 0.3) is 11.6 Å². The minimum atomic E-state index is -0.822. The zero-order chi connectivity index (χ0) is 18.4. The number of ketones is 1. The lowest BCUT2D eigenvalue weighted by atomic mass is 10.2. The molecule has 130 valence electrons. The van der Waals surface area contributed by atoms with Crippen molar-refractivity contribution in [3.63, 3.8) is 0 Å². The number of aromatic nitrogens is 1. The van der Waals surface area contributed by atoms with Crippen molar-refractivity contribution in [2.45, 2.75) is 0 Å². The van der Waals surface area contributed by atoms with Crippen LogP contribution >= 0.6 is 11.6 Å². The summed E-state index contributed by atoms with van der Waals surface area (Å²) in [5.41, 5.74) is -0.162. The molecular formula is C15H12ClN3O6. The molecule has 0 aliphatic carbocycles. The average molecular weight is 366 g/mol. The summed E-state index contributed by atoms with van der Waals surface area (Å²) in [6.45, 7) is -0.963. The Bertz CT molecular complexity index is 819. The van der Waals surface area contributed by atoms with Crippen molar-refractivity contribution in [2.75, 3.05) is 13.2 Å². The quantitative estimate of drug-likeness (QED) is 0.332. The number of nitro benzene ring substituents is 1. The van der Waals surface area contributed by atoms with E-state index in [1.807, 2.05) is 0 Å². The van der Waals surface area contributed by atoms with Gasteiger partial charge in [-0.2, -0.15) is 0 Å². The molecule has 1 amide bonds. The fourth-order valence-electron chi connectivity index (χ4n) is 1.83. The largest absolute Gasteiger partial charge is 0.456 e. The van der Waals surface area contributed by atoms with Gasteiger partial charge in [0.2, 0.25) is 5.78 Å². The molecule has 0 aliphatic rings. The van der Waals surface area contributed by atoms with Gasteiger partial charge < -0.3 is 15.0 Å². The van der Waals surface area contributed by atoms with Crippen molar-refractivity contribution in [1.29, 1.82) is 0 Å². The van der Waals surface area contributed by atoms with Crippen LogP contribution < -0.4 is 5.32 Å². The number of Topliss-reactive ketones (excluding diaryl/α,β-unsaturated/α-hetero) is 1. The zero-order valence-corrected chi connectivity index (χ0v) is 13.4. The number of nitrogens with zero attached hydrogens (tertiary/aromatic N) is 1. The Morgan fingerprint density at radius 1 is 1.28 bits per heavy atom. The maximum Gasteiger partial charge on any atom is 0.325 e. The van der Waals surface area contributed by atoms with E-state index in [0.717, 1.165) is 6.07 Å².